The van der Waals surface area contributed by atoms with Crippen LogP contribution >= 0.6 is 0 Å². The first-order valence-electron chi connectivity index (χ1n) is 4.64. The van der Waals surface area contributed by atoms with Gasteiger partial charge < -0.3 is 9.52 Å². The Kier molecular flexibility index (Phi) is 2.49. The average Bonchev–Trinajstić information content (AvgIpc) is 2.79. The number of allylic oxidation sites excluding steroid dienone is 2. The highest BCUT2D eigenvalue weighted by molar-refractivity contribution is 6.13. The molecule has 1 heterocycles. The highest BCUT2D eigenvalue weighted by Gasteiger charge is 2.62. The van der Waals surface area contributed by atoms with E-state index < -0.39 is 35.6 Å². The molecule has 1 aliphatic rings. The van der Waals surface area contributed by atoms with E-state index in [1.807, 2.05) is 0 Å². The van der Waals surface area contributed by atoms with Gasteiger partial charge in [-0.3, -0.25) is 4.79 Å². The van der Waals surface area contributed by atoms with Crippen LogP contribution in [0.1, 0.15) is 16.1 Å². The van der Waals surface area contributed by atoms with Gasteiger partial charge in [-0.1, -0.05) is 0 Å². The van der Waals surface area contributed by atoms with Crippen LogP contribution < -0.4 is 0 Å². The molecule has 2 rings (SSSR count). The maximum absolute atomic E-state index is 12.9. The molecule has 0 atom stereocenters. The Hall–Kier alpha value is -1.86. The van der Waals surface area contributed by atoms with E-state index in [1.54, 1.807) is 0 Å². The summed E-state index contributed by atoms with van der Waals surface area (Å²) >= 11 is 0. The Morgan fingerprint density at radius 3 is 2.39 bits per heavy atom. The molecule has 0 saturated carbocycles. The lowest BCUT2D eigenvalue weighted by Crippen LogP contribution is -2.39. The molecule has 0 aromatic carbocycles. The highest BCUT2D eigenvalue weighted by atomic mass is 19.4. The van der Waals surface area contributed by atoms with E-state index >= 15 is 0 Å². The van der Waals surface area contributed by atoms with E-state index in [4.69, 9.17) is 9.52 Å². The predicted octanol–water partition coefficient (Wildman–Crippen LogP) is 3.03. The SMILES string of the molecule is O=C1/C(=C(\O)C(F)(F)C(F)(F)F)Cc2occc21. The second-order valence-corrected chi connectivity index (χ2v) is 3.66. The molecule has 0 unspecified atom stereocenters. The van der Waals surface area contributed by atoms with Gasteiger partial charge in [0.05, 0.1) is 17.4 Å². The van der Waals surface area contributed by atoms with E-state index in [1.165, 1.54) is 0 Å². The number of rotatable bonds is 1. The summed E-state index contributed by atoms with van der Waals surface area (Å²) in [5, 5.41) is 9.02. The van der Waals surface area contributed by atoms with E-state index in [0.29, 0.717) is 0 Å². The average molecular weight is 268 g/mol. The van der Waals surface area contributed by atoms with Gasteiger partial charge in [-0.15, -0.1) is 0 Å². The van der Waals surface area contributed by atoms with Crippen molar-refractivity contribution < 1.29 is 36.3 Å². The second-order valence-electron chi connectivity index (χ2n) is 3.66. The van der Waals surface area contributed by atoms with Gasteiger partial charge in [0.1, 0.15) is 5.76 Å². The van der Waals surface area contributed by atoms with Crippen molar-refractivity contribution in [1.29, 1.82) is 0 Å². The summed E-state index contributed by atoms with van der Waals surface area (Å²) in [6, 6.07) is 1.14. The minimum Gasteiger partial charge on any atom is -0.506 e. The number of carbonyl (C=O) groups is 1. The Bertz CT molecular complexity index is 538. The number of ketones is 1. The van der Waals surface area contributed by atoms with Crippen LogP contribution in [0, 0.1) is 0 Å². The number of alkyl halides is 5. The molecule has 0 amide bonds. The Balaban J connectivity index is 2.47. The van der Waals surface area contributed by atoms with Crippen LogP contribution in [0.15, 0.2) is 28.1 Å². The predicted molar refractivity (Wildman–Crippen MR) is 47.4 cm³/mol. The van der Waals surface area contributed by atoms with E-state index in [-0.39, 0.29) is 11.3 Å². The first-order valence-corrected chi connectivity index (χ1v) is 4.64. The van der Waals surface area contributed by atoms with E-state index in [2.05, 4.69) is 0 Å². The molecule has 3 nitrogen and oxygen atoms in total. The maximum atomic E-state index is 12.9. The molecule has 0 spiro atoms. The van der Waals surface area contributed by atoms with Crippen LogP contribution in [-0.4, -0.2) is 23.0 Å². The van der Waals surface area contributed by atoms with Crippen molar-refractivity contribution in [1.82, 2.24) is 0 Å². The number of carbonyl (C=O) groups excluding carboxylic acids is 1. The number of furan rings is 1. The third-order valence-corrected chi connectivity index (χ3v) is 2.54. The summed E-state index contributed by atoms with van der Waals surface area (Å²) in [5.41, 5.74) is -1.11. The van der Waals surface area contributed by atoms with E-state index in [9.17, 15) is 26.7 Å². The summed E-state index contributed by atoms with van der Waals surface area (Å²) in [7, 11) is 0. The molecule has 1 N–H and O–H groups in total. The Morgan fingerprint density at radius 1 is 1.28 bits per heavy atom. The molecule has 1 aromatic rings. The van der Waals surface area contributed by atoms with Crippen LogP contribution in [0.2, 0.25) is 0 Å². The first-order chi connectivity index (χ1) is 8.16. The van der Waals surface area contributed by atoms with Gasteiger partial charge in [0.25, 0.3) is 0 Å². The van der Waals surface area contributed by atoms with Crippen molar-refractivity contribution in [3.63, 3.8) is 0 Å². The lowest BCUT2D eigenvalue weighted by atomic mass is 10.1. The minimum atomic E-state index is -5.96. The monoisotopic (exact) mass is 268 g/mol. The van der Waals surface area contributed by atoms with Crippen LogP contribution in [-0.2, 0) is 6.42 Å². The van der Waals surface area contributed by atoms with Gasteiger partial charge in [-0.05, 0) is 6.07 Å². The number of hydrogen-bond acceptors (Lipinski definition) is 3. The molecular formula is C10H5F5O3. The first kappa shape index (κ1) is 12.6. The number of aliphatic hydroxyl groups is 1. The van der Waals surface area contributed by atoms with Crippen molar-refractivity contribution in [2.24, 2.45) is 0 Å². The fraction of sp³-hybridized carbons (Fsp3) is 0.300. The summed E-state index contributed by atoms with van der Waals surface area (Å²) < 4.78 is 66.6. The van der Waals surface area contributed by atoms with Crippen molar-refractivity contribution in [2.45, 2.75) is 18.5 Å². The summed E-state index contributed by atoms with van der Waals surface area (Å²) in [6.07, 6.45) is -5.44. The second kappa shape index (κ2) is 3.56. The van der Waals surface area contributed by atoms with Crippen molar-refractivity contribution in [2.75, 3.05) is 0 Å². The number of Topliss-reactive ketones (excluding diaryl/α,β-unsaturated/α-hetero) is 1. The maximum Gasteiger partial charge on any atom is 0.461 e. The van der Waals surface area contributed by atoms with Crippen LogP contribution in [0.25, 0.3) is 0 Å². The van der Waals surface area contributed by atoms with Crippen molar-refractivity contribution in [3.05, 3.63) is 35.0 Å². The molecular weight excluding hydrogens is 263 g/mol. The smallest absolute Gasteiger partial charge is 0.461 e. The molecule has 1 aromatic heterocycles. The van der Waals surface area contributed by atoms with Crippen LogP contribution in [0.4, 0.5) is 22.0 Å². The molecule has 98 valence electrons. The normalized spacial score (nSPS) is 19.1. The molecule has 0 bridgehead atoms. The lowest BCUT2D eigenvalue weighted by molar-refractivity contribution is -0.274. The van der Waals surface area contributed by atoms with Gasteiger partial charge >= 0.3 is 12.1 Å². The number of hydrogen-bond donors (Lipinski definition) is 1. The quantitative estimate of drug-likeness (QED) is 0.484. The molecule has 8 heteroatoms. The summed E-state index contributed by atoms with van der Waals surface area (Å²) in [5.74, 6) is -8.85. The Morgan fingerprint density at radius 2 is 1.89 bits per heavy atom. The fourth-order valence-electron chi connectivity index (χ4n) is 1.60. The lowest BCUT2D eigenvalue weighted by Gasteiger charge is -2.19. The Labute approximate surface area is 96.5 Å². The van der Waals surface area contributed by atoms with Gasteiger partial charge in [0, 0.05) is 6.42 Å². The third-order valence-electron chi connectivity index (χ3n) is 2.54. The molecule has 0 fully saturated rings. The van der Waals surface area contributed by atoms with Gasteiger partial charge in [-0.2, -0.15) is 22.0 Å². The molecule has 1 aliphatic carbocycles. The van der Waals surface area contributed by atoms with Gasteiger partial charge in [-0.25, -0.2) is 0 Å². The molecule has 18 heavy (non-hydrogen) atoms. The minimum absolute atomic E-state index is 0.0421. The molecule has 0 saturated heterocycles. The summed E-state index contributed by atoms with van der Waals surface area (Å²) in [6.45, 7) is 0. The highest BCUT2D eigenvalue weighted by Crippen LogP contribution is 2.43. The van der Waals surface area contributed by atoms with E-state index in [0.717, 1.165) is 12.3 Å². The zero-order chi connectivity index (χ0) is 13.7. The van der Waals surface area contributed by atoms with Crippen LogP contribution in [0.5, 0.6) is 0 Å². The largest absolute Gasteiger partial charge is 0.506 e. The zero-order valence-corrected chi connectivity index (χ0v) is 8.52. The number of aliphatic hydroxyl groups excluding tert-OH is 1. The van der Waals surface area contributed by atoms with Crippen molar-refractivity contribution >= 4 is 5.78 Å². The molecule has 0 radical (unpaired) electrons. The summed E-state index contributed by atoms with van der Waals surface area (Å²) in [4.78, 5) is 11.5. The third kappa shape index (κ3) is 1.59. The fourth-order valence-corrected chi connectivity index (χ4v) is 1.60. The van der Waals surface area contributed by atoms with Crippen LogP contribution in [0.3, 0.4) is 0 Å². The van der Waals surface area contributed by atoms with Gasteiger partial charge in [0.15, 0.2) is 11.5 Å². The molecule has 0 aliphatic heterocycles. The topological polar surface area (TPSA) is 50.4 Å². The zero-order valence-electron chi connectivity index (χ0n) is 8.52. The van der Waals surface area contributed by atoms with Gasteiger partial charge in [0.2, 0.25) is 0 Å². The standard InChI is InChI=1S/C10H5F5O3/c11-9(12,10(13,14)15)8(17)5-3-6-4(7(5)16)1-2-18-6/h1-2,17H,3H2/b8-5-. The number of halogens is 5. The number of fused-ring (bicyclic) bond motifs is 1. The van der Waals surface area contributed by atoms with Crippen molar-refractivity contribution in [3.8, 4) is 0 Å².